The average Bonchev–Trinajstić information content (AvgIpc) is 2.94. The first-order valence-corrected chi connectivity index (χ1v) is 8.92. The highest BCUT2D eigenvalue weighted by Gasteiger charge is 2.55. The van der Waals surface area contributed by atoms with E-state index in [9.17, 15) is 5.11 Å². The highest BCUT2D eigenvalue weighted by Crippen LogP contribution is 2.52. The fourth-order valence-corrected chi connectivity index (χ4v) is 5.64. The molecule has 0 amide bonds. The zero-order chi connectivity index (χ0) is 15.6. The van der Waals surface area contributed by atoms with Gasteiger partial charge in [-0.25, -0.2) is 0 Å². The number of aliphatic hydroxyl groups excluding tert-OH is 1. The zero-order valence-corrected chi connectivity index (χ0v) is 13.7. The molecule has 120 valence electrons. The van der Waals surface area contributed by atoms with Crippen LogP contribution in [0.2, 0.25) is 0 Å². The van der Waals surface area contributed by atoms with Crippen LogP contribution in [0.3, 0.4) is 0 Å². The maximum absolute atomic E-state index is 10.6. The lowest BCUT2D eigenvalue weighted by Crippen LogP contribution is -2.61. The Morgan fingerprint density at radius 3 is 3.04 bits per heavy atom. The molecule has 3 heteroatoms. The Bertz CT molecular complexity index is 805. The van der Waals surface area contributed by atoms with Gasteiger partial charge >= 0.3 is 0 Å². The number of hydrogen-bond acceptors (Lipinski definition) is 2. The van der Waals surface area contributed by atoms with Gasteiger partial charge in [0.05, 0.1) is 12.0 Å². The molecule has 4 atom stereocenters. The summed E-state index contributed by atoms with van der Waals surface area (Å²) in [5.74, 6) is 0.583. The number of nitrogens with zero attached hydrogens (tertiary/aromatic N) is 1. The van der Waals surface area contributed by atoms with Crippen LogP contribution < -0.4 is 0 Å². The van der Waals surface area contributed by atoms with Crippen molar-refractivity contribution in [2.45, 2.75) is 37.6 Å². The smallest absolute Gasteiger partial charge is 0.0561 e. The largest absolute Gasteiger partial charge is 0.395 e. The summed E-state index contributed by atoms with van der Waals surface area (Å²) in [6, 6.07) is 9.00. The fraction of sp³-hybridized carbons (Fsp3) is 0.500. The number of aliphatic hydroxyl groups is 1. The highest BCUT2D eigenvalue weighted by atomic mass is 16.3. The van der Waals surface area contributed by atoms with Gasteiger partial charge in [-0.1, -0.05) is 36.8 Å². The zero-order valence-electron chi connectivity index (χ0n) is 13.7. The number of rotatable bonds is 2. The summed E-state index contributed by atoms with van der Waals surface area (Å²) in [7, 11) is 0. The van der Waals surface area contributed by atoms with E-state index in [-0.39, 0.29) is 12.0 Å². The molecule has 0 spiro atoms. The van der Waals surface area contributed by atoms with Crippen LogP contribution in [0, 0.1) is 5.92 Å². The second-order valence-electron chi connectivity index (χ2n) is 7.55. The minimum Gasteiger partial charge on any atom is -0.395 e. The lowest BCUT2D eigenvalue weighted by atomic mass is 9.61. The molecule has 6 rings (SSSR count). The lowest BCUT2D eigenvalue weighted by molar-refractivity contribution is 0.0170. The topological polar surface area (TPSA) is 39.3 Å². The number of benzene rings is 1. The fourth-order valence-electron chi connectivity index (χ4n) is 5.64. The van der Waals surface area contributed by atoms with E-state index in [0.717, 1.165) is 32.4 Å². The lowest BCUT2D eigenvalue weighted by Gasteiger charge is -2.55. The summed E-state index contributed by atoms with van der Waals surface area (Å²) in [5, 5.41) is 11.9. The summed E-state index contributed by atoms with van der Waals surface area (Å²) < 4.78 is 0. The van der Waals surface area contributed by atoms with Gasteiger partial charge in [-0.15, -0.1) is 0 Å². The van der Waals surface area contributed by atoms with E-state index < -0.39 is 0 Å². The van der Waals surface area contributed by atoms with E-state index in [4.69, 9.17) is 0 Å². The van der Waals surface area contributed by atoms with Crippen LogP contribution >= 0.6 is 0 Å². The Morgan fingerprint density at radius 2 is 2.22 bits per heavy atom. The molecule has 4 bridgehead atoms. The summed E-state index contributed by atoms with van der Waals surface area (Å²) in [6.45, 7) is 4.77. The SMILES string of the molecule is CCC1=CC2CN3CCc4c([nH]c5ccccc45)C(CO)(C2)C13. The van der Waals surface area contributed by atoms with Crippen molar-refractivity contribution in [2.75, 3.05) is 19.7 Å². The molecule has 1 aliphatic carbocycles. The van der Waals surface area contributed by atoms with Crippen molar-refractivity contribution >= 4 is 10.9 Å². The van der Waals surface area contributed by atoms with Gasteiger partial charge in [-0.05, 0) is 36.8 Å². The van der Waals surface area contributed by atoms with Crippen LogP contribution in [-0.4, -0.2) is 40.7 Å². The Balaban J connectivity index is 1.80. The molecule has 1 fully saturated rings. The first kappa shape index (κ1) is 13.8. The standard InChI is InChI=1S/C20H24N2O/c1-2-14-9-13-10-20(12-23)18-16(7-8-22(11-13)19(14)20)15-5-3-4-6-17(15)21-18/h3-6,9,13,19,21,23H,2,7-8,10-12H2,1H3. The molecule has 3 aliphatic heterocycles. The van der Waals surface area contributed by atoms with Crippen molar-refractivity contribution in [2.24, 2.45) is 5.92 Å². The van der Waals surface area contributed by atoms with Crippen LogP contribution in [0.15, 0.2) is 35.9 Å². The number of aromatic amines is 1. The molecule has 2 aromatic rings. The maximum atomic E-state index is 10.6. The third kappa shape index (κ3) is 1.67. The molecule has 23 heavy (non-hydrogen) atoms. The van der Waals surface area contributed by atoms with Gasteiger partial charge in [0.15, 0.2) is 0 Å². The van der Waals surface area contributed by atoms with E-state index in [1.165, 1.54) is 27.7 Å². The van der Waals surface area contributed by atoms with E-state index in [0.29, 0.717) is 12.0 Å². The molecule has 0 radical (unpaired) electrons. The minimum absolute atomic E-state index is 0.145. The number of aromatic nitrogens is 1. The molecule has 1 aromatic carbocycles. The van der Waals surface area contributed by atoms with Crippen molar-refractivity contribution in [3.8, 4) is 0 Å². The van der Waals surface area contributed by atoms with Crippen LogP contribution in [0.5, 0.6) is 0 Å². The molecule has 1 saturated heterocycles. The van der Waals surface area contributed by atoms with Crippen molar-refractivity contribution < 1.29 is 5.11 Å². The van der Waals surface area contributed by atoms with Gasteiger partial charge in [0.1, 0.15) is 0 Å². The van der Waals surface area contributed by atoms with Gasteiger partial charge in [0.25, 0.3) is 0 Å². The number of nitrogens with one attached hydrogen (secondary N) is 1. The number of H-pyrrole nitrogens is 1. The molecule has 0 saturated carbocycles. The van der Waals surface area contributed by atoms with Crippen molar-refractivity contribution in [1.82, 2.24) is 9.88 Å². The molecule has 4 heterocycles. The first-order chi connectivity index (χ1) is 11.3. The van der Waals surface area contributed by atoms with Crippen molar-refractivity contribution in [1.29, 1.82) is 0 Å². The van der Waals surface area contributed by atoms with Crippen LogP contribution in [0.25, 0.3) is 10.9 Å². The molecule has 2 N–H and O–H groups in total. The molecule has 4 unspecified atom stereocenters. The van der Waals surface area contributed by atoms with E-state index in [1.807, 2.05) is 0 Å². The molecular weight excluding hydrogens is 284 g/mol. The van der Waals surface area contributed by atoms with E-state index in [1.54, 1.807) is 0 Å². The third-order valence-corrected chi connectivity index (χ3v) is 6.44. The molecule has 1 aromatic heterocycles. The minimum atomic E-state index is -0.145. The number of para-hydroxylation sites is 1. The second kappa shape index (κ2) is 4.71. The Kier molecular flexibility index (Phi) is 2.83. The van der Waals surface area contributed by atoms with Gasteiger partial charge in [-0.3, -0.25) is 4.90 Å². The summed E-state index contributed by atoms with van der Waals surface area (Å²) in [4.78, 5) is 6.36. The van der Waals surface area contributed by atoms with Crippen LogP contribution in [-0.2, 0) is 11.8 Å². The van der Waals surface area contributed by atoms with Gasteiger partial charge < -0.3 is 10.1 Å². The number of piperidine rings is 1. The van der Waals surface area contributed by atoms with E-state index in [2.05, 4.69) is 47.1 Å². The maximum Gasteiger partial charge on any atom is 0.0561 e. The summed E-state index contributed by atoms with van der Waals surface area (Å²) in [5.41, 5.74) is 5.38. The molecule has 3 nitrogen and oxygen atoms in total. The Labute approximate surface area is 137 Å². The summed E-state index contributed by atoms with van der Waals surface area (Å²) in [6.07, 6.45) is 5.76. The van der Waals surface area contributed by atoms with Gasteiger partial charge in [-0.2, -0.15) is 0 Å². The van der Waals surface area contributed by atoms with Crippen LogP contribution in [0.1, 0.15) is 31.0 Å². The quantitative estimate of drug-likeness (QED) is 0.837. The number of hydrogen-bond donors (Lipinski definition) is 2. The van der Waals surface area contributed by atoms with Crippen molar-refractivity contribution in [3.63, 3.8) is 0 Å². The molecule has 4 aliphatic rings. The first-order valence-electron chi connectivity index (χ1n) is 8.92. The predicted molar refractivity (Wildman–Crippen MR) is 92.6 cm³/mol. The number of fused-ring (bicyclic) bond motifs is 3. The van der Waals surface area contributed by atoms with Crippen molar-refractivity contribution in [3.05, 3.63) is 47.2 Å². The Morgan fingerprint density at radius 1 is 1.35 bits per heavy atom. The molecular formula is C20H24N2O. The summed E-state index contributed by atoms with van der Waals surface area (Å²) >= 11 is 0. The van der Waals surface area contributed by atoms with E-state index >= 15 is 0 Å². The van der Waals surface area contributed by atoms with Crippen LogP contribution in [0.4, 0.5) is 0 Å². The van der Waals surface area contributed by atoms with Gasteiger partial charge in [0, 0.05) is 35.7 Å². The third-order valence-electron chi connectivity index (χ3n) is 6.44. The highest BCUT2D eigenvalue weighted by molar-refractivity contribution is 5.85. The second-order valence-corrected chi connectivity index (χ2v) is 7.55. The average molecular weight is 308 g/mol. The monoisotopic (exact) mass is 308 g/mol. The predicted octanol–water partition coefficient (Wildman–Crippen LogP) is 2.99. The Hall–Kier alpha value is -1.58. The normalized spacial score (nSPS) is 35.0. The van der Waals surface area contributed by atoms with Gasteiger partial charge in [0.2, 0.25) is 0 Å².